The van der Waals surface area contributed by atoms with Crippen LogP contribution in [-0.4, -0.2) is 10.9 Å². The lowest BCUT2D eigenvalue weighted by molar-refractivity contribution is 0.102. The van der Waals surface area contributed by atoms with E-state index in [9.17, 15) is 4.79 Å². The van der Waals surface area contributed by atoms with Crippen LogP contribution in [0.1, 0.15) is 10.4 Å². The average Bonchev–Trinajstić information content (AvgIpc) is 2.47. The molecule has 2 aromatic carbocycles. The second-order valence-electron chi connectivity index (χ2n) is 4.48. The molecule has 1 N–H and O–H groups in total. The highest BCUT2D eigenvalue weighted by atomic mass is 79.9. The number of halogens is 2. The number of hydrogen-bond donors (Lipinski definition) is 1. The van der Waals surface area contributed by atoms with Crippen LogP contribution in [0.25, 0.3) is 10.8 Å². The standard InChI is InChI=1S/C16H10BrClN2O/c17-14-8-11(18)4-5-12(14)16(21)20-15-3-1-2-10-6-7-19-9-13(10)15/h1-9H,(H,20,21). The molecule has 5 heteroatoms. The van der Waals surface area contributed by atoms with E-state index in [0.29, 0.717) is 15.1 Å². The minimum atomic E-state index is -0.199. The summed E-state index contributed by atoms with van der Waals surface area (Å²) in [6, 6.07) is 12.7. The molecule has 1 amide bonds. The summed E-state index contributed by atoms with van der Waals surface area (Å²) in [5.74, 6) is -0.199. The van der Waals surface area contributed by atoms with Gasteiger partial charge in [0.05, 0.1) is 11.3 Å². The molecule has 0 spiro atoms. The summed E-state index contributed by atoms with van der Waals surface area (Å²) in [5.41, 5.74) is 1.26. The number of carbonyl (C=O) groups is 1. The van der Waals surface area contributed by atoms with E-state index in [0.717, 1.165) is 16.5 Å². The number of carbonyl (C=O) groups excluding carboxylic acids is 1. The monoisotopic (exact) mass is 360 g/mol. The third-order valence-corrected chi connectivity index (χ3v) is 4.00. The number of nitrogens with zero attached hydrogens (tertiary/aromatic N) is 1. The van der Waals surface area contributed by atoms with Gasteiger partial charge >= 0.3 is 0 Å². The Kier molecular flexibility index (Phi) is 3.90. The molecule has 0 bridgehead atoms. The first kappa shape index (κ1) is 14.0. The minimum Gasteiger partial charge on any atom is -0.321 e. The molecule has 0 saturated heterocycles. The van der Waals surface area contributed by atoms with Crippen molar-refractivity contribution in [2.24, 2.45) is 0 Å². The lowest BCUT2D eigenvalue weighted by Crippen LogP contribution is -2.12. The van der Waals surface area contributed by atoms with Gasteiger partial charge in [0.2, 0.25) is 0 Å². The molecule has 3 nitrogen and oxygen atoms in total. The van der Waals surface area contributed by atoms with Crippen LogP contribution in [0.3, 0.4) is 0 Å². The second kappa shape index (κ2) is 5.84. The fraction of sp³-hybridized carbons (Fsp3) is 0. The van der Waals surface area contributed by atoms with Gasteiger partial charge in [-0.1, -0.05) is 23.7 Å². The predicted molar refractivity (Wildman–Crippen MR) is 88.8 cm³/mol. The van der Waals surface area contributed by atoms with Crippen molar-refractivity contribution < 1.29 is 4.79 Å². The van der Waals surface area contributed by atoms with E-state index in [-0.39, 0.29) is 5.91 Å². The molecule has 0 atom stereocenters. The molecule has 3 rings (SSSR count). The van der Waals surface area contributed by atoms with Crippen molar-refractivity contribution in [1.29, 1.82) is 0 Å². The van der Waals surface area contributed by atoms with Crippen molar-refractivity contribution in [3.63, 3.8) is 0 Å². The summed E-state index contributed by atoms with van der Waals surface area (Å²) >= 11 is 9.24. The highest BCUT2D eigenvalue weighted by molar-refractivity contribution is 9.10. The molecule has 0 aliphatic carbocycles. The van der Waals surface area contributed by atoms with Crippen LogP contribution in [-0.2, 0) is 0 Å². The van der Waals surface area contributed by atoms with Gasteiger partial charge < -0.3 is 5.32 Å². The molecule has 0 unspecified atom stereocenters. The van der Waals surface area contributed by atoms with Gasteiger partial charge in [-0.15, -0.1) is 0 Å². The molecule has 21 heavy (non-hydrogen) atoms. The number of anilines is 1. The van der Waals surface area contributed by atoms with Crippen molar-refractivity contribution in [1.82, 2.24) is 4.98 Å². The quantitative estimate of drug-likeness (QED) is 0.705. The molecule has 3 aromatic rings. The van der Waals surface area contributed by atoms with Gasteiger partial charge in [0.25, 0.3) is 5.91 Å². The molecule has 0 aliphatic rings. The van der Waals surface area contributed by atoms with Crippen LogP contribution >= 0.6 is 27.5 Å². The normalized spacial score (nSPS) is 10.6. The Labute approximate surface area is 135 Å². The van der Waals surface area contributed by atoms with Crippen LogP contribution in [0.15, 0.2) is 59.3 Å². The predicted octanol–water partition coefficient (Wildman–Crippen LogP) is 4.90. The number of hydrogen-bond acceptors (Lipinski definition) is 2. The first-order valence-electron chi connectivity index (χ1n) is 6.24. The molecule has 0 saturated carbocycles. The smallest absolute Gasteiger partial charge is 0.256 e. The zero-order valence-electron chi connectivity index (χ0n) is 10.8. The molecule has 0 fully saturated rings. The summed E-state index contributed by atoms with van der Waals surface area (Å²) in [6.07, 6.45) is 3.46. The molecule has 0 aliphatic heterocycles. The number of pyridine rings is 1. The maximum absolute atomic E-state index is 12.4. The van der Waals surface area contributed by atoms with Gasteiger partial charge in [-0.2, -0.15) is 0 Å². The summed E-state index contributed by atoms with van der Waals surface area (Å²) < 4.78 is 0.658. The van der Waals surface area contributed by atoms with Gasteiger partial charge in [-0.05, 0) is 51.6 Å². The number of fused-ring (bicyclic) bond motifs is 1. The van der Waals surface area contributed by atoms with Crippen LogP contribution in [0.4, 0.5) is 5.69 Å². The maximum atomic E-state index is 12.4. The van der Waals surface area contributed by atoms with E-state index in [1.807, 2.05) is 24.3 Å². The minimum absolute atomic E-state index is 0.199. The van der Waals surface area contributed by atoms with E-state index in [2.05, 4.69) is 26.2 Å². The molecular weight excluding hydrogens is 352 g/mol. The number of nitrogens with one attached hydrogen (secondary N) is 1. The molecule has 0 radical (unpaired) electrons. The van der Waals surface area contributed by atoms with Gasteiger partial charge in [0.15, 0.2) is 0 Å². The van der Waals surface area contributed by atoms with Crippen LogP contribution in [0.5, 0.6) is 0 Å². The maximum Gasteiger partial charge on any atom is 0.256 e. The fourth-order valence-corrected chi connectivity index (χ4v) is 2.95. The first-order chi connectivity index (χ1) is 10.1. The van der Waals surface area contributed by atoms with Crippen molar-refractivity contribution in [2.45, 2.75) is 0 Å². The van der Waals surface area contributed by atoms with Crippen LogP contribution < -0.4 is 5.32 Å². The van der Waals surface area contributed by atoms with Gasteiger partial charge in [0.1, 0.15) is 0 Å². The third kappa shape index (κ3) is 2.91. The van der Waals surface area contributed by atoms with Gasteiger partial charge in [-0.3, -0.25) is 9.78 Å². The van der Waals surface area contributed by atoms with E-state index in [1.165, 1.54) is 0 Å². The lowest BCUT2D eigenvalue weighted by Gasteiger charge is -2.09. The van der Waals surface area contributed by atoms with E-state index >= 15 is 0 Å². The van der Waals surface area contributed by atoms with Crippen molar-refractivity contribution in [2.75, 3.05) is 5.32 Å². The SMILES string of the molecule is O=C(Nc1cccc2ccncc12)c1ccc(Cl)cc1Br. The van der Waals surface area contributed by atoms with Crippen molar-refractivity contribution >= 4 is 49.9 Å². The zero-order valence-corrected chi connectivity index (χ0v) is 13.1. The van der Waals surface area contributed by atoms with Gasteiger partial charge in [-0.25, -0.2) is 0 Å². The second-order valence-corrected chi connectivity index (χ2v) is 5.77. The average molecular weight is 362 g/mol. The zero-order chi connectivity index (χ0) is 14.8. The number of benzene rings is 2. The Morgan fingerprint density at radius 2 is 2.05 bits per heavy atom. The Morgan fingerprint density at radius 1 is 1.19 bits per heavy atom. The number of amides is 1. The van der Waals surface area contributed by atoms with Crippen molar-refractivity contribution in [3.8, 4) is 0 Å². The van der Waals surface area contributed by atoms with Crippen LogP contribution in [0, 0.1) is 0 Å². The fourth-order valence-electron chi connectivity index (χ4n) is 2.09. The third-order valence-electron chi connectivity index (χ3n) is 3.11. The largest absolute Gasteiger partial charge is 0.321 e. The molecule has 1 heterocycles. The Hall–Kier alpha value is -1.91. The first-order valence-corrected chi connectivity index (χ1v) is 7.41. The number of rotatable bonds is 2. The summed E-state index contributed by atoms with van der Waals surface area (Å²) in [4.78, 5) is 16.5. The Bertz CT molecular complexity index is 830. The van der Waals surface area contributed by atoms with E-state index in [1.54, 1.807) is 30.6 Å². The Balaban J connectivity index is 1.97. The lowest BCUT2D eigenvalue weighted by atomic mass is 10.1. The summed E-state index contributed by atoms with van der Waals surface area (Å²) in [7, 11) is 0. The molecule has 1 aromatic heterocycles. The van der Waals surface area contributed by atoms with E-state index in [4.69, 9.17) is 11.6 Å². The molecule has 104 valence electrons. The Morgan fingerprint density at radius 3 is 2.86 bits per heavy atom. The van der Waals surface area contributed by atoms with Gasteiger partial charge in [0, 0.05) is 27.3 Å². The van der Waals surface area contributed by atoms with Crippen molar-refractivity contribution in [3.05, 3.63) is 69.9 Å². The summed E-state index contributed by atoms with van der Waals surface area (Å²) in [5, 5.41) is 5.41. The van der Waals surface area contributed by atoms with E-state index < -0.39 is 0 Å². The van der Waals surface area contributed by atoms with Crippen LogP contribution in [0.2, 0.25) is 5.02 Å². The number of aromatic nitrogens is 1. The molecular formula is C16H10BrClN2O. The topological polar surface area (TPSA) is 42.0 Å². The highest BCUT2D eigenvalue weighted by Crippen LogP contribution is 2.25. The summed E-state index contributed by atoms with van der Waals surface area (Å²) in [6.45, 7) is 0. The highest BCUT2D eigenvalue weighted by Gasteiger charge is 2.12.